The standard InChI is InChI=1S/C29H34N4O3/c1-17(2)10-9-11-18(3)30-27(34)21-13-6-8-15-24(21)33-28(35)25-16-22-20-12-5-7-14-23(20)31-26(22)19(4)32(25)29(33)36/h5-8,12-15,17-19,25,31H,9-11,16H2,1-4H3,(H,30,34)/t18?,19?,25-/m0/s1. The number of nitrogens with one attached hydrogen (secondary N) is 2. The number of benzene rings is 2. The molecule has 4 amide bonds. The van der Waals surface area contributed by atoms with Crippen molar-refractivity contribution in [3.05, 3.63) is 65.4 Å². The van der Waals surface area contributed by atoms with Crippen LogP contribution in [0.5, 0.6) is 0 Å². The van der Waals surface area contributed by atoms with E-state index in [0.717, 1.165) is 41.4 Å². The molecule has 36 heavy (non-hydrogen) atoms. The molecule has 7 nitrogen and oxygen atoms in total. The van der Waals surface area contributed by atoms with E-state index < -0.39 is 6.04 Å². The molecule has 2 aliphatic heterocycles. The van der Waals surface area contributed by atoms with Crippen LogP contribution in [0, 0.1) is 5.92 Å². The van der Waals surface area contributed by atoms with Crippen molar-refractivity contribution in [2.24, 2.45) is 5.92 Å². The predicted octanol–water partition coefficient (Wildman–Crippen LogP) is 5.57. The minimum Gasteiger partial charge on any atom is -0.356 e. The van der Waals surface area contributed by atoms with E-state index in [9.17, 15) is 14.4 Å². The first-order valence-corrected chi connectivity index (χ1v) is 12.9. The van der Waals surface area contributed by atoms with Crippen molar-refractivity contribution in [2.75, 3.05) is 4.90 Å². The van der Waals surface area contributed by atoms with Crippen molar-refractivity contribution in [1.29, 1.82) is 0 Å². The second-order valence-corrected chi connectivity index (χ2v) is 10.5. The van der Waals surface area contributed by atoms with E-state index in [1.807, 2.05) is 38.1 Å². The third kappa shape index (κ3) is 4.06. The van der Waals surface area contributed by atoms with Crippen molar-refractivity contribution in [1.82, 2.24) is 15.2 Å². The van der Waals surface area contributed by atoms with Crippen LogP contribution in [0.4, 0.5) is 10.5 Å². The van der Waals surface area contributed by atoms with E-state index >= 15 is 0 Å². The summed E-state index contributed by atoms with van der Waals surface area (Å²) in [6, 6.07) is 13.7. The number of H-pyrrole nitrogens is 1. The quantitative estimate of drug-likeness (QED) is 0.428. The van der Waals surface area contributed by atoms with Crippen molar-refractivity contribution < 1.29 is 14.4 Å². The molecule has 2 unspecified atom stereocenters. The first kappa shape index (κ1) is 24.1. The number of carbonyl (C=O) groups excluding carboxylic acids is 3. The normalized spacial score (nSPS) is 20.1. The van der Waals surface area contributed by atoms with Gasteiger partial charge in [-0.25, -0.2) is 9.69 Å². The molecular weight excluding hydrogens is 452 g/mol. The van der Waals surface area contributed by atoms with Gasteiger partial charge in [-0.15, -0.1) is 0 Å². The topological polar surface area (TPSA) is 85.5 Å². The monoisotopic (exact) mass is 486 g/mol. The van der Waals surface area contributed by atoms with E-state index in [1.165, 1.54) is 4.90 Å². The molecule has 1 aromatic heterocycles. The third-order valence-electron chi connectivity index (χ3n) is 7.52. The molecule has 188 valence electrons. The van der Waals surface area contributed by atoms with Gasteiger partial charge in [0.1, 0.15) is 6.04 Å². The van der Waals surface area contributed by atoms with Crippen LogP contribution in [0.1, 0.15) is 74.6 Å². The van der Waals surface area contributed by atoms with Gasteiger partial charge >= 0.3 is 6.03 Å². The second kappa shape index (κ2) is 9.45. The summed E-state index contributed by atoms with van der Waals surface area (Å²) in [6.45, 7) is 8.33. The fourth-order valence-electron chi connectivity index (χ4n) is 5.65. The lowest BCUT2D eigenvalue weighted by molar-refractivity contribution is -0.120. The van der Waals surface area contributed by atoms with Gasteiger partial charge < -0.3 is 15.2 Å². The highest BCUT2D eigenvalue weighted by Gasteiger charge is 2.52. The van der Waals surface area contributed by atoms with E-state index in [-0.39, 0.29) is 29.9 Å². The Balaban J connectivity index is 1.41. The Hall–Kier alpha value is -3.61. The van der Waals surface area contributed by atoms with Crippen LogP contribution in [0.25, 0.3) is 10.9 Å². The average Bonchev–Trinajstić information content (AvgIpc) is 3.34. The van der Waals surface area contributed by atoms with Crippen LogP contribution >= 0.6 is 0 Å². The molecule has 0 saturated carbocycles. The van der Waals surface area contributed by atoms with Crippen LogP contribution in [-0.4, -0.2) is 39.8 Å². The molecule has 2 aromatic carbocycles. The number of rotatable bonds is 7. The maximum Gasteiger partial charge on any atom is 0.332 e. The molecule has 2 aliphatic rings. The van der Waals surface area contributed by atoms with Gasteiger partial charge in [0.15, 0.2) is 0 Å². The van der Waals surface area contributed by atoms with Crippen LogP contribution < -0.4 is 10.2 Å². The first-order chi connectivity index (χ1) is 17.3. The maximum atomic E-state index is 13.7. The molecule has 3 heterocycles. The Bertz CT molecular complexity index is 1330. The molecule has 0 bridgehead atoms. The zero-order valence-electron chi connectivity index (χ0n) is 21.4. The molecule has 1 saturated heterocycles. The van der Waals surface area contributed by atoms with Crippen LogP contribution in [0.15, 0.2) is 48.5 Å². The summed E-state index contributed by atoms with van der Waals surface area (Å²) in [4.78, 5) is 46.9. The fraction of sp³-hybridized carbons (Fsp3) is 0.414. The Morgan fingerprint density at radius 2 is 1.78 bits per heavy atom. The summed E-state index contributed by atoms with van der Waals surface area (Å²) in [5, 5.41) is 4.15. The molecule has 2 N–H and O–H groups in total. The van der Waals surface area contributed by atoms with Gasteiger partial charge in [-0.2, -0.15) is 0 Å². The number of amides is 4. The van der Waals surface area contributed by atoms with Crippen molar-refractivity contribution in [2.45, 2.75) is 71.5 Å². The van der Waals surface area contributed by atoms with Gasteiger partial charge in [0.05, 0.1) is 17.3 Å². The number of anilines is 1. The predicted molar refractivity (Wildman–Crippen MR) is 141 cm³/mol. The van der Waals surface area contributed by atoms with Gasteiger partial charge in [-0.05, 0) is 49.9 Å². The van der Waals surface area contributed by atoms with Crippen molar-refractivity contribution in [3.63, 3.8) is 0 Å². The largest absolute Gasteiger partial charge is 0.356 e. The third-order valence-corrected chi connectivity index (χ3v) is 7.52. The maximum absolute atomic E-state index is 13.7. The minimum atomic E-state index is -0.592. The van der Waals surface area contributed by atoms with Gasteiger partial charge in [-0.1, -0.05) is 57.0 Å². The number of imide groups is 1. The van der Waals surface area contributed by atoms with E-state index in [0.29, 0.717) is 23.6 Å². The van der Waals surface area contributed by atoms with Crippen molar-refractivity contribution >= 4 is 34.4 Å². The Kier molecular flexibility index (Phi) is 6.33. The first-order valence-electron chi connectivity index (χ1n) is 12.9. The lowest BCUT2D eigenvalue weighted by Crippen LogP contribution is -2.42. The number of aromatic nitrogens is 1. The Morgan fingerprint density at radius 3 is 2.56 bits per heavy atom. The Morgan fingerprint density at radius 1 is 1.06 bits per heavy atom. The molecule has 7 heteroatoms. The van der Waals surface area contributed by atoms with Gasteiger partial charge in [0, 0.05) is 29.1 Å². The summed E-state index contributed by atoms with van der Waals surface area (Å²) in [7, 11) is 0. The van der Waals surface area contributed by atoms with E-state index in [1.54, 1.807) is 29.2 Å². The highest BCUT2D eigenvalue weighted by molar-refractivity contribution is 6.24. The number of carbonyl (C=O) groups is 3. The second-order valence-electron chi connectivity index (χ2n) is 10.5. The minimum absolute atomic E-state index is 0.000965. The van der Waals surface area contributed by atoms with Crippen LogP contribution in [-0.2, 0) is 11.2 Å². The van der Waals surface area contributed by atoms with Gasteiger partial charge in [0.2, 0.25) is 0 Å². The zero-order valence-corrected chi connectivity index (χ0v) is 21.4. The summed E-state index contributed by atoms with van der Waals surface area (Å²) in [6.07, 6.45) is 3.48. The van der Waals surface area contributed by atoms with Crippen LogP contribution in [0.3, 0.4) is 0 Å². The van der Waals surface area contributed by atoms with Crippen molar-refractivity contribution in [3.8, 4) is 0 Å². The molecule has 0 spiro atoms. The fourth-order valence-corrected chi connectivity index (χ4v) is 5.65. The Labute approximate surface area is 211 Å². The summed E-state index contributed by atoms with van der Waals surface area (Å²) in [5.41, 5.74) is 3.75. The molecule has 0 radical (unpaired) electrons. The molecule has 0 aliphatic carbocycles. The smallest absolute Gasteiger partial charge is 0.332 e. The van der Waals surface area contributed by atoms with Gasteiger partial charge in [0.25, 0.3) is 11.8 Å². The average molecular weight is 487 g/mol. The van der Waals surface area contributed by atoms with E-state index in [4.69, 9.17) is 0 Å². The molecule has 1 fully saturated rings. The number of hydrogen-bond donors (Lipinski definition) is 2. The van der Waals surface area contributed by atoms with Crippen LogP contribution in [0.2, 0.25) is 0 Å². The summed E-state index contributed by atoms with van der Waals surface area (Å²) >= 11 is 0. The molecular formula is C29H34N4O3. The molecule has 3 aromatic rings. The van der Waals surface area contributed by atoms with Gasteiger partial charge in [-0.3, -0.25) is 9.59 Å². The number of nitrogens with zero attached hydrogens (tertiary/aromatic N) is 2. The number of urea groups is 1. The highest BCUT2D eigenvalue weighted by atomic mass is 16.2. The summed E-state index contributed by atoms with van der Waals surface area (Å²) in [5.74, 6) is 0.0756. The SMILES string of the molecule is CC(C)CCCC(C)NC(=O)c1ccccc1N1C(=O)[C@@H]2Cc3c([nH]c4ccccc34)C(C)N2C1=O. The molecule has 5 rings (SSSR count). The lowest BCUT2D eigenvalue weighted by atomic mass is 9.93. The van der Waals surface area contributed by atoms with E-state index in [2.05, 4.69) is 24.1 Å². The number of hydrogen-bond acceptors (Lipinski definition) is 3. The summed E-state index contributed by atoms with van der Waals surface area (Å²) < 4.78 is 0. The zero-order chi connectivity index (χ0) is 25.6. The highest BCUT2D eigenvalue weighted by Crippen LogP contribution is 2.42. The number of para-hydroxylation sites is 2. The molecule has 3 atom stereocenters. The number of aromatic amines is 1. The lowest BCUT2D eigenvalue weighted by Gasteiger charge is -2.33. The number of fused-ring (bicyclic) bond motifs is 4.